The number of fused-ring (bicyclic) bond motifs is 1. The van der Waals surface area contributed by atoms with Gasteiger partial charge in [-0.05, 0) is 32.1 Å². The minimum absolute atomic E-state index is 0.0718. The third-order valence-electron chi connectivity index (χ3n) is 4.34. The Morgan fingerprint density at radius 2 is 2.30 bits per heavy atom. The predicted octanol–water partition coefficient (Wildman–Crippen LogP) is 1.11. The van der Waals surface area contributed by atoms with Crippen molar-refractivity contribution in [3.63, 3.8) is 0 Å². The summed E-state index contributed by atoms with van der Waals surface area (Å²) in [6.45, 7) is 1.19. The second-order valence-corrected chi connectivity index (χ2v) is 5.94. The first-order chi connectivity index (χ1) is 11.3. The van der Waals surface area contributed by atoms with Crippen LogP contribution in [-0.2, 0) is 24.0 Å². The lowest BCUT2D eigenvalue weighted by Crippen LogP contribution is -2.27. The molecule has 8 nitrogen and oxygen atoms in total. The third-order valence-corrected chi connectivity index (χ3v) is 4.34. The average molecular weight is 317 g/mol. The van der Waals surface area contributed by atoms with Gasteiger partial charge in [-0.2, -0.15) is 10.1 Å². The van der Waals surface area contributed by atoms with E-state index in [1.165, 1.54) is 0 Å². The number of H-pyrrole nitrogens is 1. The number of aromatic amines is 1. The maximum Gasteiger partial charge on any atom is 0.272 e. The van der Waals surface area contributed by atoms with Gasteiger partial charge < -0.3 is 14.6 Å². The number of carbonyl (C=O) groups is 1. The van der Waals surface area contributed by atoms with Gasteiger partial charge >= 0.3 is 0 Å². The summed E-state index contributed by atoms with van der Waals surface area (Å²) in [4.78, 5) is 16.5. The van der Waals surface area contributed by atoms with Gasteiger partial charge in [0.1, 0.15) is 6.10 Å². The summed E-state index contributed by atoms with van der Waals surface area (Å²) in [7, 11) is 0. The van der Waals surface area contributed by atoms with Crippen molar-refractivity contribution >= 4 is 5.91 Å². The number of amides is 1. The van der Waals surface area contributed by atoms with E-state index < -0.39 is 0 Å². The molecular weight excluding hydrogens is 298 g/mol. The van der Waals surface area contributed by atoms with Crippen LogP contribution in [0.25, 0.3) is 0 Å². The minimum atomic E-state index is -0.146. The summed E-state index contributed by atoms with van der Waals surface area (Å²) in [6.07, 6.45) is 5.37. The van der Waals surface area contributed by atoms with E-state index in [1.54, 1.807) is 0 Å². The first-order valence-corrected chi connectivity index (χ1v) is 8.09. The summed E-state index contributed by atoms with van der Waals surface area (Å²) in [5.74, 6) is 0.976. The molecule has 1 fully saturated rings. The van der Waals surface area contributed by atoms with E-state index in [-0.39, 0.29) is 12.0 Å². The molecule has 0 saturated carbocycles. The highest BCUT2D eigenvalue weighted by molar-refractivity contribution is 5.94. The minimum Gasteiger partial charge on any atom is -0.368 e. The van der Waals surface area contributed by atoms with Crippen LogP contribution in [0.15, 0.2) is 4.52 Å². The number of ether oxygens (including phenoxy) is 1. The molecule has 0 aromatic carbocycles. The molecular formula is C15H19N5O3. The Morgan fingerprint density at radius 3 is 3.17 bits per heavy atom. The fourth-order valence-electron chi connectivity index (χ4n) is 3.15. The predicted molar refractivity (Wildman–Crippen MR) is 78.9 cm³/mol. The van der Waals surface area contributed by atoms with Crippen LogP contribution in [0.3, 0.4) is 0 Å². The molecule has 2 aliphatic rings. The van der Waals surface area contributed by atoms with Crippen LogP contribution in [0, 0.1) is 0 Å². The monoisotopic (exact) mass is 317 g/mol. The summed E-state index contributed by atoms with van der Waals surface area (Å²) >= 11 is 0. The van der Waals surface area contributed by atoms with Gasteiger partial charge in [0, 0.05) is 30.8 Å². The Morgan fingerprint density at radius 1 is 1.35 bits per heavy atom. The molecule has 23 heavy (non-hydrogen) atoms. The van der Waals surface area contributed by atoms with Crippen LogP contribution in [0.5, 0.6) is 0 Å². The van der Waals surface area contributed by atoms with E-state index in [0.717, 1.165) is 50.0 Å². The highest BCUT2D eigenvalue weighted by atomic mass is 16.5. The van der Waals surface area contributed by atoms with Gasteiger partial charge in [-0.1, -0.05) is 5.16 Å². The first-order valence-electron chi connectivity index (χ1n) is 8.09. The molecule has 0 unspecified atom stereocenters. The zero-order valence-electron chi connectivity index (χ0n) is 12.8. The van der Waals surface area contributed by atoms with Crippen molar-refractivity contribution in [3.8, 4) is 0 Å². The number of aryl methyl sites for hydroxylation is 1. The number of aromatic nitrogens is 4. The van der Waals surface area contributed by atoms with Gasteiger partial charge in [0.05, 0.1) is 0 Å². The molecule has 4 rings (SSSR count). The van der Waals surface area contributed by atoms with Crippen molar-refractivity contribution in [1.82, 2.24) is 25.7 Å². The van der Waals surface area contributed by atoms with Crippen molar-refractivity contribution in [2.24, 2.45) is 0 Å². The van der Waals surface area contributed by atoms with E-state index >= 15 is 0 Å². The van der Waals surface area contributed by atoms with Crippen LogP contribution in [0.2, 0.25) is 0 Å². The summed E-state index contributed by atoms with van der Waals surface area (Å²) in [5, 5.41) is 13.9. The maximum absolute atomic E-state index is 12.2. The van der Waals surface area contributed by atoms with E-state index in [2.05, 4.69) is 25.7 Å². The zero-order valence-corrected chi connectivity index (χ0v) is 12.8. The summed E-state index contributed by atoms with van der Waals surface area (Å²) < 4.78 is 10.7. The van der Waals surface area contributed by atoms with Crippen LogP contribution in [-0.4, -0.2) is 39.4 Å². The highest BCUT2D eigenvalue weighted by Crippen LogP contribution is 2.27. The molecule has 2 N–H and O–H groups in total. The largest absolute Gasteiger partial charge is 0.368 e. The summed E-state index contributed by atoms with van der Waals surface area (Å²) in [5.41, 5.74) is 2.67. The van der Waals surface area contributed by atoms with Gasteiger partial charge in [0.2, 0.25) is 0 Å². The number of hydrogen-bond acceptors (Lipinski definition) is 6. The molecule has 0 bridgehead atoms. The van der Waals surface area contributed by atoms with Crippen molar-refractivity contribution in [3.05, 3.63) is 28.7 Å². The average Bonchev–Trinajstić information content (AvgIpc) is 3.30. The topological polar surface area (TPSA) is 106 Å². The van der Waals surface area contributed by atoms with E-state index in [9.17, 15) is 4.79 Å². The van der Waals surface area contributed by atoms with E-state index in [4.69, 9.17) is 9.26 Å². The van der Waals surface area contributed by atoms with Crippen LogP contribution in [0.4, 0.5) is 0 Å². The van der Waals surface area contributed by atoms with Gasteiger partial charge in [0.25, 0.3) is 11.8 Å². The van der Waals surface area contributed by atoms with Gasteiger partial charge in [-0.3, -0.25) is 9.89 Å². The number of hydrogen-bond donors (Lipinski definition) is 2. The molecule has 3 heterocycles. The number of rotatable bonds is 5. The molecule has 8 heteroatoms. The van der Waals surface area contributed by atoms with E-state index in [1.807, 2.05) is 0 Å². The normalized spacial score (nSPS) is 19.9. The summed E-state index contributed by atoms with van der Waals surface area (Å²) in [6, 6.07) is 0. The fourth-order valence-corrected chi connectivity index (χ4v) is 3.15. The quantitative estimate of drug-likeness (QED) is 0.855. The highest BCUT2D eigenvalue weighted by Gasteiger charge is 2.24. The molecule has 1 atom stereocenters. The van der Waals surface area contributed by atoms with Gasteiger partial charge in [0.15, 0.2) is 11.5 Å². The lowest BCUT2D eigenvalue weighted by Gasteiger charge is -2.02. The van der Waals surface area contributed by atoms with Crippen LogP contribution < -0.4 is 5.32 Å². The Kier molecular flexibility index (Phi) is 3.82. The lowest BCUT2D eigenvalue weighted by atomic mass is 10.2. The van der Waals surface area contributed by atoms with Crippen molar-refractivity contribution in [2.75, 3.05) is 13.2 Å². The molecule has 2 aromatic rings. The molecule has 1 amide bonds. The third kappa shape index (κ3) is 2.86. The van der Waals surface area contributed by atoms with Crippen molar-refractivity contribution in [2.45, 2.75) is 44.6 Å². The number of carbonyl (C=O) groups excluding carboxylic acids is 1. The first kappa shape index (κ1) is 14.4. The molecule has 2 aromatic heterocycles. The van der Waals surface area contributed by atoms with Crippen molar-refractivity contribution in [1.29, 1.82) is 0 Å². The Bertz CT molecular complexity index is 702. The second kappa shape index (κ2) is 6.11. The molecule has 1 aliphatic heterocycles. The van der Waals surface area contributed by atoms with Crippen molar-refractivity contribution < 1.29 is 14.1 Å². The fraction of sp³-hybridized carbons (Fsp3) is 0.600. The molecule has 1 aliphatic carbocycles. The van der Waals surface area contributed by atoms with Gasteiger partial charge in [-0.15, -0.1) is 0 Å². The zero-order chi connectivity index (χ0) is 15.6. The Balaban J connectivity index is 1.30. The van der Waals surface area contributed by atoms with Crippen LogP contribution >= 0.6 is 0 Å². The Labute approximate surface area is 133 Å². The second-order valence-electron chi connectivity index (χ2n) is 5.94. The molecule has 122 valence electrons. The lowest BCUT2D eigenvalue weighted by molar-refractivity contribution is 0.0835. The molecule has 0 radical (unpaired) electrons. The SMILES string of the molecule is O=C(NCCc1noc([C@H]2CCCO2)n1)c1n[nH]c2c1CCC2. The van der Waals surface area contributed by atoms with Crippen LogP contribution in [0.1, 0.15) is 58.8 Å². The maximum atomic E-state index is 12.2. The number of nitrogens with one attached hydrogen (secondary N) is 2. The number of nitrogens with zero attached hydrogens (tertiary/aromatic N) is 3. The van der Waals surface area contributed by atoms with E-state index in [0.29, 0.717) is 30.4 Å². The Hall–Kier alpha value is -2.22. The molecule has 0 spiro atoms. The molecule has 1 saturated heterocycles. The van der Waals surface area contributed by atoms with Gasteiger partial charge in [-0.25, -0.2) is 0 Å². The smallest absolute Gasteiger partial charge is 0.272 e. The standard InChI is InChI=1S/C15H19N5O3/c21-14(13-9-3-1-4-10(9)18-19-13)16-7-6-12-17-15(23-20-12)11-5-2-8-22-11/h11H,1-8H2,(H,16,21)(H,18,19)/t11-/m1/s1.